The number of aromatic nitrogens is 1. The fourth-order valence-electron chi connectivity index (χ4n) is 6.69. The number of aliphatic hydroxyl groups excluding tert-OH is 2. The largest absolute Gasteiger partial charge is 0.502 e. The number of rotatable bonds is 6. The third kappa shape index (κ3) is 4.19. The van der Waals surface area contributed by atoms with Gasteiger partial charge in [-0.25, -0.2) is 9.59 Å². The van der Waals surface area contributed by atoms with Crippen LogP contribution in [-0.4, -0.2) is 68.7 Å². The Bertz CT molecular complexity index is 1190. The first-order valence-corrected chi connectivity index (χ1v) is 12.7. The van der Waals surface area contributed by atoms with Crippen molar-refractivity contribution in [3.05, 3.63) is 53.1 Å². The molecule has 1 saturated carbocycles. The van der Waals surface area contributed by atoms with Crippen molar-refractivity contribution in [3.8, 4) is 0 Å². The zero-order valence-electron chi connectivity index (χ0n) is 22.3. The van der Waals surface area contributed by atoms with Crippen LogP contribution in [0.15, 0.2) is 47.5 Å². The molecular weight excluding hydrogens is 494 g/mol. The lowest BCUT2D eigenvalue weighted by atomic mass is 9.43. The SMILES string of the molecule is CC(=O)OC(CC1=C(O)C(=O)OC1)[C@]1(C)C2CCC=C(C)[C@]2(C)C(OC(=O)c2cccnc2)C(O)[C@]1(C)O. The molecule has 7 atom stereocenters. The van der Waals surface area contributed by atoms with E-state index in [0.717, 1.165) is 5.57 Å². The molecule has 0 bridgehead atoms. The highest BCUT2D eigenvalue weighted by Crippen LogP contribution is 2.64. The van der Waals surface area contributed by atoms with Gasteiger partial charge in [-0.2, -0.15) is 0 Å². The topological polar surface area (TPSA) is 152 Å². The molecule has 1 aromatic heterocycles. The number of pyridine rings is 1. The molecule has 1 fully saturated rings. The first-order chi connectivity index (χ1) is 17.8. The summed E-state index contributed by atoms with van der Waals surface area (Å²) in [7, 11) is 0. The molecule has 10 nitrogen and oxygen atoms in total. The predicted octanol–water partition coefficient (Wildman–Crippen LogP) is 2.79. The molecule has 1 aromatic rings. The number of cyclic esters (lactones) is 1. The molecule has 3 aliphatic rings. The Morgan fingerprint density at radius 2 is 2.00 bits per heavy atom. The summed E-state index contributed by atoms with van der Waals surface area (Å²) >= 11 is 0. The maximum absolute atomic E-state index is 13.1. The second-order valence-electron chi connectivity index (χ2n) is 11.1. The quantitative estimate of drug-likeness (QED) is 0.285. The van der Waals surface area contributed by atoms with E-state index < -0.39 is 64.3 Å². The molecule has 4 unspecified atom stereocenters. The van der Waals surface area contributed by atoms with E-state index in [1.165, 1.54) is 26.2 Å². The molecular formula is C28H35NO9. The lowest BCUT2D eigenvalue weighted by Gasteiger charge is -2.66. The van der Waals surface area contributed by atoms with Gasteiger partial charge in [0, 0.05) is 42.1 Å². The van der Waals surface area contributed by atoms with E-state index in [9.17, 15) is 29.7 Å². The molecule has 2 heterocycles. The number of aliphatic hydroxyl groups is 3. The van der Waals surface area contributed by atoms with Gasteiger partial charge in [0.25, 0.3) is 0 Å². The molecule has 206 valence electrons. The van der Waals surface area contributed by atoms with Crippen LogP contribution in [0, 0.1) is 16.7 Å². The van der Waals surface area contributed by atoms with Gasteiger partial charge in [0.1, 0.15) is 30.5 Å². The average Bonchev–Trinajstić information content (AvgIpc) is 3.19. The Balaban J connectivity index is 1.83. The van der Waals surface area contributed by atoms with Crippen LogP contribution in [0.4, 0.5) is 0 Å². The van der Waals surface area contributed by atoms with Crippen LogP contribution in [0.1, 0.15) is 64.2 Å². The van der Waals surface area contributed by atoms with Crippen molar-refractivity contribution in [1.82, 2.24) is 4.98 Å². The van der Waals surface area contributed by atoms with Gasteiger partial charge in [0.2, 0.25) is 5.76 Å². The van der Waals surface area contributed by atoms with Crippen molar-refractivity contribution in [2.24, 2.45) is 16.7 Å². The third-order valence-corrected chi connectivity index (χ3v) is 9.19. The fourth-order valence-corrected chi connectivity index (χ4v) is 6.69. The minimum absolute atomic E-state index is 0.0913. The number of fused-ring (bicyclic) bond motifs is 1. The Morgan fingerprint density at radius 3 is 2.58 bits per heavy atom. The van der Waals surface area contributed by atoms with Gasteiger partial charge in [-0.05, 0) is 44.7 Å². The highest BCUT2D eigenvalue weighted by Gasteiger charge is 2.71. The van der Waals surface area contributed by atoms with E-state index in [1.54, 1.807) is 19.1 Å². The summed E-state index contributed by atoms with van der Waals surface area (Å²) in [6, 6.07) is 3.15. The Kier molecular flexibility index (Phi) is 7.18. The summed E-state index contributed by atoms with van der Waals surface area (Å²) in [5.41, 5.74) is -2.89. The van der Waals surface area contributed by atoms with Gasteiger partial charge in [0.15, 0.2) is 0 Å². The lowest BCUT2D eigenvalue weighted by molar-refractivity contribution is -0.291. The number of carbonyl (C=O) groups is 3. The molecule has 0 amide bonds. The first-order valence-electron chi connectivity index (χ1n) is 12.7. The van der Waals surface area contributed by atoms with Crippen molar-refractivity contribution in [1.29, 1.82) is 0 Å². The minimum Gasteiger partial charge on any atom is -0.502 e. The molecule has 3 N–H and O–H groups in total. The van der Waals surface area contributed by atoms with Crippen molar-refractivity contribution < 1.29 is 43.9 Å². The third-order valence-electron chi connectivity index (χ3n) is 9.19. The predicted molar refractivity (Wildman–Crippen MR) is 134 cm³/mol. The maximum Gasteiger partial charge on any atom is 0.373 e. The zero-order chi connectivity index (χ0) is 28.0. The van der Waals surface area contributed by atoms with Crippen molar-refractivity contribution in [3.63, 3.8) is 0 Å². The van der Waals surface area contributed by atoms with Crippen LogP contribution in [0.2, 0.25) is 0 Å². The number of ether oxygens (including phenoxy) is 3. The van der Waals surface area contributed by atoms with E-state index in [4.69, 9.17) is 14.2 Å². The number of allylic oxidation sites excluding steroid dienone is 1. The van der Waals surface area contributed by atoms with E-state index >= 15 is 0 Å². The van der Waals surface area contributed by atoms with Gasteiger partial charge < -0.3 is 29.5 Å². The van der Waals surface area contributed by atoms with Crippen molar-refractivity contribution in [2.45, 2.75) is 77.8 Å². The lowest BCUT2D eigenvalue weighted by Crippen LogP contribution is -2.75. The molecule has 4 rings (SSSR count). The average molecular weight is 530 g/mol. The number of carbonyl (C=O) groups excluding carboxylic acids is 3. The molecule has 1 aliphatic heterocycles. The number of hydrogen-bond donors (Lipinski definition) is 3. The van der Waals surface area contributed by atoms with Crippen molar-refractivity contribution >= 4 is 17.9 Å². The van der Waals surface area contributed by atoms with Crippen molar-refractivity contribution in [2.75, 3.05) is 6.61 Å². The van der Waals surface area contributed by atoms with Crippen LogP contribution in [0.5, 0.6) is 0 Å². The molecule has 0 spiro atoms. The van der Waals surface area contributed by atoms with Crippen LogP contribution >= 0.6 is 0 Å². The molecule has 0 saturated heterocycles. The van der Waals surface area contributed by atoms with Crippen LogP contribution in [-0.2, 0) is 23.8 Å². The van der Waals surface area contributed by atoms with Gasteiger partial charge in [-0.15, -0.1) is 0 Å². The van der Waals surface area contributed by atoms with E-state index in [0.29, 0.717) is 12.8 Å². The van der Waals surface area contributed by atoms with E-state index in [-0.39, 0.29) is 24.2 Å². The van der Waals surface area contributed by atoms with Gasteiger partial charge >= 0.3 is 17.9 Å². The van der Waals surface area contributed by atoms with Gasteiger partial charge in [-0.1, -0.05) is 25.5 Å². The molecule has 38 heavy (non-hydrogen) atoms. The van der Waals surface area contributed by atoms with Crippen LogP contribution in [0.3, 0.4) is 0 Å². The maximum atomic E-state index is 13.1. The Labute approximate surface area is 221 Å². The Hall–Kier alpha value is -3.24. The number of hydrogen-bond acceptors (Lipinski definition) is 10. The summed E-state index contributed by atoms with van der Waals surface area (Å²) in [5, 5.41) is 34.1. The highest BCUT2D eigenvalue weighted by molar-refractivity contribution is 5.89. The number of nitrogens with zero attached hydrogens (tertiary/aromatic N) is 1. The zero-order valence-corrected chi connectivity index (χ0v) is 22.3. The first kappa shape index (κ1) is 27.8. The minimum atomic E-state index is -1.94. The monoisotopic (exact) mass is 529 g/mol. The second-order valence-corrected chi connectivity index (χ2v) is 11.1. The molecule has 10 heteroatoms. The van der Waals surface area contributed by atoms with Gasteiger partial charge in [0.05, 0.1) is 5.56 Å². The van der Waals surface area contributed by atoms with Crippen LogP contribution in [0.25, 0.3) is 0 Å². The standard InChI is InChI=1S/C28H35NO9/c1-15-8-6-10-19-26(15,3)23(38-24(33)17-9-7-11-29-13-17)22(32)28(5,35)27(19,4)20(37-16(2)30)12-18-14-36-25(34)21(18)31/h7-9,11,13,19-20,22-23,31-32,35H,6,10,12,14H2,1-5H3/t19?,20?,22?,23?,26-,27-,28-/m0/s1. The normalized spacial score (nSPS) is 35.6. The highest BCUT2D eigenvalue weighted by atomic mass is 16.6. The van der Waals surface area contributed by atoms with E-state index in [2.05, 4.69) is 4.98 Å². The summed E-state index contributed by atoms with van der Waals surface area (Å²) in [6.07, 6.45) is 2.23. The summed E-state index contributed by atoms with van der Waals surface area (Å²) < 4.78 is 16.7. The molecule has 0 aromatic carbocycles. The van der Waals surface area contributed by atoms with Crippen LogP contribution < -0.4 is 0 Å². The summed E-state index contributed by atoms with van der Waals surface area (Å²) in [4.78, 5) is 41.2. The second kappa shape index (κ2) is 9.81. The van der Waals surface area contributed by atoms with Gasteiger partial charge in [-0.3, -0.25) is 9.78 Å². The Morgan fingerprint density at radius 1 is 1.29 bits per heavy atom. The smallest absolute Gasteiger partial charge is 0.373 e. The molecule has 0 radical (unpaired) electrons. The summed E-state index contributed by atoms with van der Waals surface area (Å²) in [6.45, 7) is 8.01. The number of esters is 3. The van der Waals surface area contributed by atoms with E-state index in [1.807, 2.05) is 19.9 Å². The fraction of sp³-hybridized carbons (Fsp3) is 0.571. The molecule has 2 aliphatic carbocycles. The summed E-state index contributed by atoms with van der Waals surface area (Å²) in [5.74, 6) is -3.18.